The molecule has 0 atom stereocenters. The van der Waals surface area contributed by atoms with E-state index in [-0.39, 0.29) is 5.97 Å². The lowest BCUT2D eigenvalue weighted by Gasteiger charge is -2.10. The third-order valence-electron chi connectivity index (χ3n) is 3.57. The zero-order chi connectivity index (χ0) is 16.2. The number of aromatic nitrogens is 1. The molecule has 0 bridgehead atoms. The Balaban J connectivity index is 1.90. The van der Waals surface area contributed by atoms with Gasteiger partial charge in [0.15, 0.2) is 0 Å². The Labute approximate surface area is 135 Å². The third kappa shape index (κ3) is 3.31. The van der Waals surface area contributed by atoms with E-state index < -0.39 is 0 Å². The molecule has 1 heterocycles. The fraction of sp³-hybridized carbons (Fsp3) is 0.158. The fourth-order valence-corrected chi connectivity index (χ4v) is 2.50. The molecule has 0 aliphatic heterocycles. The fourth-order valence-electron chi connectivity index (χ4n) is 2.50. The zero-order valence-corrected chi connectivity index (χ0v) is 13.2. The van der Waals surface area contributed by atoms with Crippen LogP contribution in [0.2, 0.25) is 0 Å². The summed E-state index contributed by atoms with van der Waals surface area (Å²) >= 11 is 0. The van der Waals surface area contributed by atoms with E-state index in [1.165, 1.54) is 0 Å². The topological polar surface area (TPSA) is 51.2 Å². The summed E-state index contributed by atoms with van der Waals surface area (Å²) in [7, 11) is 0. The molecule has 4 heteroatoms. The molecule has 3 aromatic rings. The first-order valence-corrected chi connectivity index (χ1v) is 7.58. The van der Waals surface area contributed by atoms with E-state index in [0.29, 0.717) is 12.2 Å². The predicted octanol–water partition coefficient (Wildman–Crippen LogP) is 4.46. The van der Waals surface area contributed by atoms with Gasteiger partial charge in [-0.1, -0.05) is 24.3 Å². The van der Waals surface area contributed by atoms with Crippen molar-refractivity contribution in [3.63, 3.8) is 0 Å². The van der Waals surface area contributed by atoms with Gasteiger partial charge in [0.25, 0.3) is 0 Å². The van der Waals surface area contributed by atoms with Crippen molar-refractivity contribution in [2.45, 2.75) is 13.8 Å². The first-order chi connectivity index (χ1) is 11.2. The van der Waals surface area contributed by atoms with E-state index in [4.69, 9.17) is 4.74 Å². The number of anilines is 2. The van der Waals surface area contributed by atoms with Gasteiger partial charge in [-0.15, -0.1) is 0 Å². The van der Waals surface area contributed by atoms with Gasteiger partial charge in [0.2, 0.25) is 0 Å². The molecule has 2 aromatic carbocycles. The van der Waals surface area contributed by atoms with Gasteiger partial charge in [0, 0.05) is 11.1 Å². The van der Waals surface area contributed by atoms with Crippen molar-refractivity contribution in [2.75, 3.05) is 11.9 Å². The van der Waals surface area contributed by atoms with Gasteiger partial charge in [-0.25, -0.2) is 9.78 Å². The smallest absolute Gasteiger partial charge is 0.338 e. The number of para-hydroxylation sites is 1. The summed E-state index contributed by atoms with van der Waals surface area (Å²) in [6.07, 6.45) is 0. The minimum Gasteiger partial charge on any atom is -0.462 e. The van der Waals surface area contributed by atoms with Gasteiger partial charge >= 0.3 is 5.97 Å². The predicted molar refractivity (Wildman–Crippen MR) is 92.2 cm³/mol. The van der Waals surface area contributed by atoms with Crippen LogP contribution in [-0.4, -0.2) is 17.6 Å². The highest BCUT2D eigenvalue weighted by atomic mass is 16.5. The van der Waals surface area contributed by atoms with Crippen LogP contribution in [0.15, 0.2) is 54.6 Å². The number of fused-ring (bicyclic) bond motifs is 1. The van der Waals surface area contributed by atoms with Crippen molar-refractivity contribution >= 4 is 28.4 Å². The number of hydrogen-bond donors (Lipinski definition) is 1. The molecule has 0 spiro atoms. The SMILES string of the molecule is CCOC(=O)c1cccc(Nc2cc(C)c3ccccc3n2)c1. The number of carbonyl (C=O) groups is 1. The van der Waals surface area contributed by atoms with Crippen molar-refractivity contribution < 1.29 is 9.53 Å². The summed E-state index contributed by atoms with van der Waals surface area (Å²) < 4.78 is 5.03. The van der Waals surface area contributed by atoms with Gasteiger partial charge in [-0.05, 0) is 49.7 Å². The lowest BCUT2D eigenvalue weighted by atomic mass is 10.1. The first-order valence-electron chi connectivity index (χ1n) is 7.58. The monoisotopic (exact) mass is 306 g/mol. The van der Waals surface area contributed by atoms with Crippen LogP contribution in [0.3, 0.4) is 0 Å². The molecule has 0 aliphatic carbocycles. The van der Waals surface area contributed by atoms with Crippen LogP contribution in [0, 0.1) is 6.92 Å². The van der Waals surface area contributed by atoms with Crippen molar-refractivity contribution in [3.05, 3.63) is 65.7 Å². The molecule has 0 saturated carbocycles. The summed E-state index contributed by atoms with van der Waals surface area (Å²) in [5.74, 6) is 0.431. The number of benzene rings is 2. The zero-order valence-electron chi connectivity index (χ0n) is 13.2. The average molecular weight is 306 g/mol. The van der Waals surface area contributed by atoms with Crippen LogP contribution in [0.4, 0.5) is 11.5 Å². The Kier molecular flexibility index (Phi) is 4.24. The molecule has 0 radical (unpaired) electrons. The Morgan fingerprint density at radius 1 is 1.13 bits per heavy atom. The Morgan fingerprint density at radius 2 is 1.96 bits per heavy atom. The molecule has 116 valence electrons. The maximum absolute atomic E-state index is 11.8. The van der Waals surface area contributed by atoms with Crippen LogP contribution in [0.25, 0.3) is 10.9 Å². The second-order valence-electron chi connectivity index (χ2n) is 5.27. The molecule has 3 rings (SSSR count). The summed E-state index contributed by atoms with van der Waals surface area (Å²) in [6, 6.07) is 17.3. The van der Waals surface area contributed by atoms with Crippen LogP contribution < -0.4 is 5.32 Å². The van der Waals surface area contributed by atoms with E-state index >= 15 is 0 Å². The standard InChI is InChI=1S/C19H18N2O2/c1-3-23-19(22)14-7-6-8-15(12-14)20-18-11-13(2)16-9-4-5-10-17(16)21-18/h4-12H,3H2,1-2H3,(H,20,21). The summed E-state index contributed by atoms with van der Waals surface area (Å²) in [5, 5.41) is 4.39. The quantitative estimate of drug-likeness (QED) is 0.723. The normalized spacial score (nSPS) is 10.5. The number of rotatable bonds is 4. The molecule has 0 saturated heterocycles. The summed E-state index contributed by atoms with van der Waals surface area (Å²) in [5.41, 5.74) is 3.42. The molecule has 0 unspecified atom stereocenters. The lowest BCUT2D eigenvalue weighted by molar-refractivity contribution is 0.0526. The maximum Gasteiger partial charge on any atom is 0.338 e. The minimum absolute atomic E-state index is 0.321. The van der Waals surface area contributed by atoms with Gasteiger partial charge in [0.1, 0.15) is 5.82 Å². The largest absolute Gasteiger partial charge is 0.462 e. The molecular weight excluding hydrogens is 288 g/mol. The van der Waals surface area contributed by atoms with Crippen molar-refractivity contribution in [2.24, 2.45) is 0 Å². The van der Waals surface area contributed by atoms with E-state index in [0.717, 1.165) is 28.0 Å². The van der Waals surface area contributed by atoms with Gasteiger partial charge in [-0.3, -0.25) is 0 Å². The maximum atomic E-state index is 11.8. The number of aryl methyl sites for hydroxylation is 1. The summed E-state index contributed by atoms with van der Waals surface area (Å²) in [4.78, 5) is 16.4. The first kappa shape index (κ1) is 15.0. The molecule has 23 heavy (non-hydrogen) atoms. The number of ether oxygens (including phenoxy) is 1. The highest BCUT2D eigenvalue weighted by Crippen LogP contribution is 2.23. The summed E-state index contributed by atoms with van der Waals surface area (Å²) in [6.45, 7) is 4.22. The van der Waals surface area contributed by atoms with Crippen molar-refractivity contribution in [1.29, 1.82) is 0 Å². The van der Waals surface area contributed by atoms with E-state index in [9.17, 15) is 4.79 Å². The van der Waals surface area contributed by atoms with Crippen molar-refractivity contribution in [1.82, 2.24) is 4.98 Å². The lowest BCUT2D eigenvalue weighted by Crippen LogP contribution is -2.05. The van der Waals surface area contributed by atoms with E-state index in [2.05, 4.69) is 23.3 Å². The molecule has 4 nitrogen and oxygen atoms in total. The molecule has 0 amide bonds. The van der Waals surface area contributed by atoms with Crippen LogP contribution >= 0.6 is 0 Å². The van der Waals surface area contributed by atoms with Crippen LogP contribution in [0.5, 0.6) is 0 Å². The molecule has 0 fully saturated rings. The minimum atomic E-state index is -0.321. The number of carbonyl (C=O) groups excluding carboxylic acids is 1. The number of pyridine rings is 1. The molecule has 0 aliphatic rings. The van der Waals surface area contributed by atoms with E-state index in [1.54, 1.807) is 19.1 Å². The number of esters is 1. The molecular formula is C19H18N2O2. The average Bonchev–Trinajstić information content (AvgIpc) is 2.55. The second-order valence-corrected chi connectivity index (χ2v) is 5.27. The Morgan fingerprint density at radius 3 is 2.78 bits per heavy atom. The molecule has 1 N–H and O–H groups in total. The van der Waals surface area contributed by atoms with Gasteiger partial charge < -0.3 is 10.1 Å². The number of nitrogens with zero attached hydrogens (tertiary/aromatic N) is 1. The Bertz CT molecular complexity index is 859. The van der Waals surface area contributed by atoms with Gasteiger partial charge in [0.05, 0.1) is 17.7 Å². The number of hydrogen-bond acceptors (Lipinski definition) is 4. The molecule has 1 aromatic heterocycles. The van der Waals surface area contributed by atoms with Crippen LogP contribution in [-0.2, 0) is 4.74 Å². The van der Waals surface area contributed by atoms with E-state index in [1.807, 2.05) is 36.4 Å². The number of nitrogens with one attached hydrogen (secondary N) is 1. The third-order valence-corrected chi connectivity index (χ3v) is 3.57. The Hall–Kier alpha value is -2.88. The van der Waals surface area contributed by atoms with Crippen molar-refractivity contribution in [3.8, 4) is 0 Å². The second kappa shape index (κ2) is 6.48. The van der Waals surface area contributed by atoms with Gasteiger partial charge in [-0.2, -0.15) is 0 Å². The van der Waals surface area contributed by atoms with Crippen LogP contribution in [0.1, 0.15) is 22.8 Å². The highest BCUT2D eigenvalue weighted by molar-refractivity contribution is 5.91. The highest BCUT2D eigenvalue weighted by Gasteiger charge is 2.08.